The Morgan fingerprint density at radius 3 is 2.94 bits per heavy atom. The number of hydrogen-bond acceptors (Lipinski definition) is 4. The lowest BCUT2D eigenvalue weighted by molar-refractivity contribution is 0.247. The monoisotopic (exact) mass is 232 g/mol. The zero-order chi connectivity index (χ0) is 11.9. The Bertz CT molecular complexity index is 440. The van der Waals surface area contributed by atoms with Crippen molar-refractivity contribution >= 4 is 0 Å². The third-order valence-corrected chi connectivity index (χ3v) is 2.40. The summed E-state index contributed by atoms with van der Waals surface area (Å²) in [5, 5.41) is 6.92. The van der Waals surface area contributed by atoms with Gasteiger partial charge in [-0.05, 0) is 12.6 Å². The minimum atomic E-state index is 0.406. The molecule has 0 aliphatic heterocycles. The highest BCUT2D eigenvalue weighted by Gasteiger charge is 2.04. The van der Waals surface area contributed by atoms with Crippen LogP contribution in [0.15, 0.2) is 41.1 Å². The molecule has 0 saturated carbocycles. The lowest BCUT2D eigenvalue weighted by Gasteiger charge is -2.10. The van der Waals surface area contributed by atoms with Crippen LogP contribution in [-0.4, -0.2) is 11.7 Å². The van der Waals surface area contributed by atoms with Crippen LogP contribution in [0.25, 0.3) is 0 Å². The molecule has 1 aromatic heterocycles. The maximum absolute atomic E-state index is 5.70. The maximum Gasteiger partial charge on any atom is 0.174 e. The highest BCUT2D eigenvalue weighted by atomic mass is 16.5. The second-order valence-corrected chi connectivity index (χ2v) is 3.66. The van der Waals surface area contributed by atoms with E-state index in [9.17, 15) is 0 Å². The van der Waals surface area contributed by atoms with E-state index in [1.807, 2.05) is 18.2 Å². The predicted molar refractivity (Wildman–Crippen MR) is 64.7 cm³/mol. The van der Waals surface area contributed by atoms with Crippen LogP contribution >= 0.6 is 0 Å². The van der Waals surface area contributed by atoms with Crippen LogP contribution in [0.2, 0.25) is 0 Å². The molecule has 0 aliphatic rings. The molecular formula is C13H16N2O2. The van der Waals surface area contributed by atoms with Crippen LogP contribution < -0.4 is 10.1 Å². The van der Waals surface area contributed by atoms with E-state index in [0.29, 0.717) is 6.61 Å². The van der Waals surface area contributed by atoms with Crippen LogP contribution in [0.4, 0.5) is 0 Å². The van der Waals surface area contributed by atoms with Gasteiger partial charge in [-0.3, -0.25) is 0 Å². The fourth-order valence-electron chi connectivity index (χ4n) is 1.52. The number of para-hydroxylation sites is 1. The van der Waals surface area contributed by atoms with Crippen molar-refractivity contribution < 1.29 is 9.26 Å². The number of rotatable bonds is 6. The summed E-state index contributed by atoms with van der Waals surface area (Å²) in [5.41, 5.74) is 1.15. The van der Waals surface area contributed by atoms with E-state index in [-0.39, 0.29) is 0 Å². The molecule has 2 rings (SSSR count). The van der Waals surface area contributed by atoms with Crippen molar-refractivity contribution in [1.29, 1.82) is 0 Å². The first-order valence-corrected chi connectivity index (χ1v) is 5.71. The van der Waals surface area contributed by atoms with Crippen LogP contribution in [0.1, 0.15) is 18.2 Å². The Hall–Kier alpha value is -1.81. The minimum absolute atomic E-state index is 0.406. The van der Waals surface area contributed by atoms with Gasteiger partial charge < -0.3 is 14.6 Å². The van der Waals surface area contributed by atoms with Crippen LogP contribution in [0.3, 0.4) is 0 Å². The van der Waals surface area contributed by atoms with Gasteiger partial charge in [0.15, 0.2) is 5.76 Å². The van der Waals surface area contributed by atoms with Crippen LogP contribution in [0, 0.1) is 0 Å². The van der Waals surface area contributed by atoms with Crippen molar-refractivity contribution in [3.8, 4) is 5.75 Å². The zero-order valence-corrected chi connectivity index (χ0v) is 9.85. The Kier molecular flexibility index (Phi) is 4.16. The highest BCUT2D eigenvalue weighted by Crippen LogP contribution is 2.19. The van der Waals surface area contributed by atoms with Gasteiger partial charge in [-0.25, -0.2) is 0 Å². The summed E-state index contributed by atoms with van der Waals surface area (Å²) in [5.74, 6) is 1.60. The van der Waals surface area contributed by atoms with Gasteiger partial charge in [0.05, 0.1) is 6.20 Å². The first kappa shape index (κ1) is 11.7. The van der Waals surface area contributed by atoms with Crippen LogP contribution in [0.5, 0.6) is 5.75 Å². The molecule has 1 aromatic carbocycles. The molecule has 4 nitrogen and oxygen atoms in total. The highest BCUT2D eigenvalue weighted by molar-refractivity contribution is 5.33. The molecule has 0 atom stereocenters. The third-order valence-electron chi connectivity index (χ3n) is 2.40. The van der Waals surface area contributed by atoms with E-state index < -0.39 is 0 Å². The quantitative estimate of drug-likeness (QED) is 0.830. The van der Waals surface area contributed by atoms with Gasteiger partial charge in [0.1, 0.15) is 12.4 Å². The molecule has 17 heavy (non-hydrogen) atoms. The summed E-state index contributed by atoms with van der Waals surface area (Å²) in [6.45, 7) is 4.24. The van der Waals surface area contributed by atoms with Crippen molar-refractivity contribution in [2.45, 2.75) is 20.1 Å². The summed E-state index contributed by atoms with van der Waals surface area (Å²) in [6, 6.07) is 9.79. The standard InChI is InChI=1S/C13H16N2O2/c1-2-14-9-11-5-3-4-6-13(11)16-10-12-7-8-15-17-12/h3-8,14H,2,9-10H2,1H3. The van der Waals surface area contributed by atoms with E-state index in [4.69, 9.17) is 9.26 Å². The summed E-state index contributed by atoms with van der Waals surface area (Å²) in [4.78, 5) is 0. The topological polar surface area (TPSA) is 47.3 Å². The van der Waals surface area contributed by atoms with E-state index in [1.165, 1.54) is 0 Å². The van der Waals surface area contributed by atoms with Gasteiger partial charge >= 0.3 is 0 Å². The van der Waals surface area contributed by atoms with Crippen molar-refractivity contribution in [3.63, 3.8) is 0 Å². The van der Waals surface area contributed by atoms with Gasteiger partial charge in [0.2, 0.25) is 0 Å². The normalized spacial score (nSPS) is 10.4. The molecular weight excluding hydrogens is 216 g/mol. The molecule has 4 heteroatoms. The van der Waals surface area contributed by atoms with Gasteiger partial charge in [-0.2, -0.15) is 0 Å². The molecule has 0 radical (unpaired) electrons. The summed E-state index contributed by atoms with van der Waals surface area (Å²) in [7, 11) is 0. The van der Waals surface area contributed by atoms with Gasteiger partial charge in [-0.1, -0.05) is 30.3 Å². The zero-order valence-electron chi connectivity index (χ0n) is 9.85. The van der Waals surface area contributed by atoms with E-state index in [2.05, 4.69) is 23.5 Å². The molecule has 0 unspecified atom stereocenters. The number of nitrogens with one attached hydrogen (secondary N) is 1. The first-order valence-electron chi connectivity index (χ1n) is 5.71. The molecule has 0 aliphatic carbocycles. The molecule has 1 heterocycles. The molecule has 0 spiro atoms. The number of aromatic nitrogens is 1. The Labute approximate surface area is 101 Å². The SMILES string of the molecule is CCNCc1ccccc1OCc1ccno1. The predicted octanol–water partition coefficient (Wildman–Crippen LogP) is 2.36. The van der Waals surface area contributed by atoms with E-state index >= 15 is 0 Å². The fraction of sp³-hybridized carbons (Fsp3) is 0.308. The summed E-state index contributed by atoms with van der Waals surface area (Å²) < 4.78 is 10.7. The molecule has 90 valence electrons. The van der Waals surface area contributed by atoms with E-state index in [1.54, 1.807) is 12.3 Å². The first-order chi connectivity index (χ1) is 8.40. The number of benzene rings is 1. The largest absolute Gasteiger partial charge is 0.485 e. The molecule has 1 N–H and O–H groups in total. The van der Waals surface area contributed by atoms with Gasteiger partial charge in [-0.15, -0.1) is 0 Å². The Morgan fingerprint density at radius 1 is 1.29 bits per heavy atom. The smallest absolute Gasteiger partial charge is 0.174 e. The lowest BCUT2D eigenvalue weighted by atomic mass is 10.2. The summed E-state index contributed by atoms with van der Waals surface area (Å²) >= 11 is 0. The van der Waals surface area contributed by atoms with Crippen molar-refractivity contribution in [1.82, 2.24) is 10.5 Å². The number of hydrogen-bond donors (Lipinski definition) is 1. The van der Waals surface area contributed by atoms with Gasteiger partial charge in [0, 0.05) is 18.2 Å². The fourth-order valence-corrected chi connectivity index (χ4v) is 1.52. The molecule has 0 saturated heterocycles. The van der Waals surface area contributed by atoms with Crippen molar-refractivity contribution in [2.24, 2.45) is 0 Å². The van der Waals surface area contributed by atoms with Gasteiger partial charge in [0.25, 0.3) is 0 Å². The second-order valence-electron chi connectivity index (χ2n) is 3.66. The molecule has 0 amide bonds. The number of ether oxygens (including phenoxy) is 1. The average molecular weight is 232 g/mol. The molecule has 2 aromatic rings. The Morgan fingerprint density at radius 2 is 2.18 bits per heavy atom. The summed E-state index contributed by atoms with van der Waals surface area (Å²) in [6.07, 6.45) is 1.61. The molecule has 0 bridgehead atoms. The third kappa shape index (κ3) is 3.32. The van der Waals surface area contributed by atoms with Crippen molar-refractivity contribution in [3.05, 3.63) is 47.9 Å². The number of nitrogens with zero attached hydrogens (tertiary/aromatic N) is 1. The lowest BCUT2D eigenvalue weighted by Crippen LogP contribution is -2.12. The molecule has 0 fully saturated rings. The van der Waals surface area contributed by atoms with E-state index in [0.717, 1.165) is 30.2 Å². The minimum Gasteiger partial charge on any atom is -0.485 e. The Balaban J connectivity index is 1.99. The second kappa shape index (κ2) is 6.06. The maximum atomic E-state index is 5.70. The average Bonchev–Trinajstić information content (AvgIpc) is 2.88. The van der Waals surface area contributed by atoms with Crippen LogP contribution in [-0.2, 0) is 13.2 Å². The van der Waals surface area contributed by atoms with Crippen molar-refractivity contribution in [2.75, 3.05) is 6.54 Å².